The number of aromatic nitrogens is 4. The maximum Gasteiger partial charge on any atom is 0.205 e. The van der Waals surface area contributed by atoms with Crippen LogP contribution in [-0.2, 0) is 0 Å². The average molecular weight is 276 g/mol. The number of H-pyrrole nitrogens is 1. The number of nitrogens with one attached hydrogen (secondary N) is 1. The van der Waals surface area contributed by atoms with Gasteiger partial charge in [-0.3, -0.25) is 4.79 Å². The third kappa shape index (κ3) is 2.92. The average Bonchev–Trinajstić information content (AvgIpc) is 3.08. The van der Waals surface area contributed by atoms with E-state index in [2.05, 4.69) is 20.6 Å². The molecule has 5 heteroatoms. The van der Waals surface area contributed by atoms with Gasteiger partial charge in [-0.15, -0.1) is 10.2 Å². The van der Waals surface area contributed by atoms with Crippen LogP contribution in [0.2, 0.25) is 0 Å². The first-order valence-corrected chi connectivity index (χ1v) is 6.45. The largest absolute Gasteiger partial charge is 0.289 e. The lowest BCUT2D eigenvalue weighted by atomic mass is 10.0. The molecule has 0 atom stereocenters. The van der Waals surface area contributed by atoms with E-state index in [0.717, 1.165) is 11.1 Å². The third-order valence-corrected chi connectivity index (χ3v) is 3.02. The number of carbonyl (C=O) groups is 1. The molecule has 1 N–H and O–H groups in total. The molecule has 0 amide bonds. The van der Waals surface area contributed by atoms with Crippen LogP contribution in [0.4, 0.5) is 0 Å². The van der Waals surface area contributed by atoms with Crippen LogP contribution in [0, 0.1) is 0 Å². The van der Waals surface area contributed by atoms with Crippen LogP contribution >= 0.6 is 0 Å². The highest BCUT2D eigenvalue weighted by molar-refractivity contribution is 6.07. The Balaban J connectivity index is 1.89. The van der Waals surface area contributed by atoms with Crippen LogP contribution in [0.1, 0.15) is 15.9 Å². The molecule has 1 aromatic heterocycles. The predicted octanol–water partition coefficient (Wildman–Crippen LogP) is 2.76. The lowest BCUT2D eigenvalue weighted by Gasteiger charge is -2.00. The van der Waals surface area contributed by atoms with Crippen LogP contribution in [0.15, 0.2) is 60.7 Å². The van der Waals surface area contributed by atoms with Gasteiger partial charge in [0.15, 0.2) is 5.78 Å². The second-order valence-corrected chi connectivity index (χ2v) is 4.39. The van der Waals surface area contributed by atoms with Crippen LogP contribution in [0.3, 0.4) is 0 Å². The fourth-order valence-electron chi connectivity index (χ4n) is 1.99. The van der Waals surface area contributed by atoms with Crippen molar-refractivity contribution in [2.45, 2.75) is 0 Å². The van der Waals surface area contributed by atoms with Gasteiger partial charge in [-0.1, -0.05) is 60.7 Å². The van der Waals surface area contributed by atoms with E-state index in [9.17, 15) is 4.79 Å². The first-order valence-electron chi connectivity index (χ1n) is 6.45. The van der Waals surface area contributed by atoms with Gasteiger partial charge >= 0.3 is 0 Å². The normalized spacial score (nSPS) is 10.9. The second-order valence-electron chi connectivity index (χ2n) is 4.39. The molecular weight excluding hydrogens is 264 g/mol. The van der Waals surface area contributed by atoms with Crippen LogP contribution in [0.25, 0.3) is 17.5 Å². The number of allylic oxidation sites excluding steroid dienone is 1. The predicted molar refractivity (Wildman–Crippen MR) is 79.4 cm³/mol. The zero-order chi connectivity index (χ0) is 14.5. The molecule has 1 heterocycles. The molecule has 0 spiro atoms. The summed E-state index contributed by atoms with van der Waals surface area (Å²) in [4.78, 5) is 12.1. The molecule has 0 aliphatic carbocycles. The summed E-state index contributed by atoms with van der Waals surface area (Å²) in [6.07, 6.45) is 3.31. The summed E-state index contributed by atoms with van der Waals surface area (Å²) in [5.74, 6) is 0.459. The van der Waals surface area contributed by atoms with E-state index in [4.69, 9.17) is 0 Å². The molecule has 0 unspecified atom stereocenters. The van der Waals surface area contributed by atoms with Crippen molar-refractivity contribution in [1.82, 2.24) is 20.6 Å². The molecule has 102 valence electrons. The molecule has 5 nitrogen and oxygen atoms in total. The minimum atomic E-state index is -0.0430. The lowest BCUT2D eigenvalue weighted by molar-refractivity contribution is 0.104. The molecule has 0 saturated carbocycles. The van der Waals surface area contributed by atoms with E-state index in [1.165, 1.54) is 0 Å². The highest BCUT2D eigenvalue weighted by Crippen LogP contribution is 2.20. The van der Waals surface area contributed by atoms with Crippen molar-refractivity contribution in [3.05, 3.63) is 71.8 Å². The highest BCUT2D eigenvalue weighted by atomic mass is 16.1. The summed E-state index contributed by atoms with van der Waals surface area (Å²) in [6, 6.07) is 16.7. The molecule has 0 radical (unpaired) electrons. The van der Waals surface area contributed by atoms with Crippen LogP contribution in [-0.4, -0.2) is 26.4 Å². The van der Waals surface area contributed by atoms with Gasteiger partial charge in [0.2, 0.25) is 5.82 Å². The molecule has 0 fully saturated rings. The van der Waals surface area contributed by atoms with Crippen LogP contribution in [0.5, 0.6) is 0 Å². The molecule has 0 saturated heterocycles. The Labute approximate surface area is 121 Å². The first kappa shape index (κ1) is 12.9. The number of tetrazole rings is 1. The van der Waals surface area contributed by atoms with Crippen molar-refractivity contribution in [3.63, 3.8) is 0 Å². The molecule has 21 heavy (non-hydrogen) atoms. The van der Waals surface area contributed by atoms with Crippen molar-refractivity contribution < 1.29 is 4.79 Å². The monoisotopic (exact) mass is 276 g/mol. The number of benzene rings is 2. The van der Waals surface area contributed by atoms with Crippen LogP contribution < -0.4 is 0 Å². The maximum absolute atomic E-state index is 12.1. The molecule has 0 aliphatic rings. The minimum Gasteiger partial charge on any atom is -0.289 e. The number of nitrogens with zero attached hydrogens (tertiary/aromatic N) is 3. The summed E-state index contributed by atoms with van der Waals surface area (Å²) in [5, 5.41) is 13.9. The van der Waals surface area contributed by atoms with Gasteiger partial charge in [-0.05, 0) is 16.9 Å². The molecule has 3 aromatic rings. The van der Waals surface area contributed by atoms with Gasteiger partial charge < -0.3 is 0 Å². The molecular formula is C16H12N4O. The molecule has 0 aliphatic heterocycles. The summed E-state index contributed by atoms with van der Waals surface area (Å²) in [7, 11) is 0. The second kappa shape index (κ2) is 5.92. The Kier molecular flexibility index (Phi) is 3.64. The number of carbonyl (C=O) groups excluding carboxylic acids is 1. The van der Waals surface area contributed by atoms with E-state index in [1.807, 2.05) is 42.5 Å². The maximum atomic E-state index is 12.1. The van der Waals surface area contributed by atoms with E-state index < -0.39 is 0 Å². The molecule has 0 bridgehead atoms. The number of ketones is 1. The number of hydrogen-bond donors (Lipinski definition) is 1. The van der Waals surface area contributed by atoms with Crippen molar-refractivity contribution in [1.29, 1.82) is 0 Å². The third-order valence-electron chi connectivity index (χ3n) is 3.02. The van der Waals surface area contributed by atoms with Crippen molar-refractivity contribution in [2.75, 3.05) is 0 Å². The first-order chi connectivity index (χ1) is 10.3. The van der Waals surface area contributed by atoms with Gasteiger partial charge in [0, 0.05) is 11.1 Å². The molecule has 2 aromatic carbocycles. The van der Waals surface area contributed by atoms with Crippen molar-refractivity contribution in [3.8, 4) is 11.4 Å². The summed E-state index contributed by atoms with van der Waals surface area (Å²) < 4.78 is 0. The summed E-state index contributed by atoms with van der Waals surface area (Å²) in [5.41, 5.74) is 2.34. The SMILES string of the molecule is O=C(C=Cc1ccccc1-c1nn[nH]n1)c1ccccc1. The van der Waals surface area contributed by atoms with Crippen molar-refractivity contribution >= 4 is 11.9 Å². The smallest absolute Gasteiger partial charge is 0.205 e. The zero-order valence-corrected chi connectivity index (χ0v) is 11.1. The van der Waals surface area contributed by atoms with Crippen molar-refractivity contribution in [2.24, 2.45) is 0 Å². The fourth-order valence-corrected chi connectivity index (χ4v) is 1.99. The van der Waals surface area contributed by atoms with Gasteiger partial charge in [-0.2, -0.15) is 5.21 Å². The Morgan fingerprint density at radius 3 is 2.52 bits per heavy atom. The Bertz CT molecular complexity index is 764. The topological polar surface area (TPSA) is 71.5 Å². The Morgan fingerprint density at radius 2 is 1.76 bits per heavy atom. The minimum absolute atomic E-state index is 0.0430. The standard InChI is InChI=1S/C16H12N4O/c21-15(13-7-2-1-3-8-13)11-10-12-6-4-5-9-14(12)16-17-19-20-18-16/h1-11H,(H,17,18,19,20). The summed E-state index contributed by atoms with van der Waals surface area (Å²) in [6.45, 7) is 0. The molecule has 3 rings (SSSR count). The lowest BCUT2D eigenvalue weighted by Crippen LogP contribution is -1.93. The van der Waals surface area contributed by atoms with Gasteiger partial charge in [-0.25, -0.2) is 0 Å². The summed E-state index contributed by atoms with van der Waals surface area (Å²) >= 11 is 0. The van der Waals surface area contributed by atoms with E-state index in [1.54, 1.807) is 24.3 Å². The van der Waals surface area contributed by atoms with Gasteiger partial charge in [0.1, 0.15) is 0 Å². The quantitative estimate of drug-likeness (QED) is 0.587. The van der Waals surface area contributed by atoms with Gasteiger partial charge in [0.05, 0.1) is 0 Å². The van der Waals surface area contributed by atoms with E-state index in [-0.39, 0.29) is 5.78 Å². The van der Waals surface area contributed by atoms with E-state index >= 15 is 0 Å². The highest BCUT2D eigenvalue weighted by Gasteiger charge is 2.07. The van der Waals surface area contributed by atoms with E-state index in [0.29, 0.717) is 11.4 Å². The number of rotatable bonds is 4. The number of hydrogen-bond acceptors (Lipinski definition) is 4. The number of aromatic amines is 1. The zero-order valence-electron chi connectivity index (χ0n) is 11.1. The Hall–Kier alpha value is -3.08. The Morgan fingerprint density at radius 1 is 1.00 bits per heavy atom. The fraction of sp³-hybridized carbons (Fsp3) is 0. The van der Waals surface area contributed by atoms with Gasteiger partial charge in [0.25, 0.3) is 0 Å².